The Hall–Kier alpha value is -1.16. The summed E-state index contributed by atoms with van der Waals surface area (Å²) in [6, 6.07) is 1.73. The van der Waals surface area contributed by atoms with Crippen LogP contribution < -0.4 is 4.74 Å². The summed E-state index contributed by atoms with van der Waals surface area (Å²) in [6.07, 6.45) is 8.15. The summed E-state index contributed by atoms with van der Waals surface area (Å²) in [5.41, 5.74) is 0.684. The molecule has 17 heavy (non-hydrogen) atoms. The molecule has 94 valence electrons. The fourth-order valence-corrected chi connectivity index (χ4v) is 2.50. The maximum Gasteiger partial charge on any atom is 0.216 e. The Kier molecular flexibility index (Phi) is 4.31. The van der Waals surface area contributed by atoms with Gasteiger partial charge in [-0.25, -0.2) is 9.97 Å². The van der Waals surface area contributed by atoms with Crippen LogP contribution in [0.3, 0.4) is 0 Å². The van der Waals surface area contributed by atoms with Gasteiger partial charge in [0.1, 0.15) is 6.33 Å². The van der Waals surface area contributed by atoms with Crippen LogP contribution in [0.2, 0.25) is 0 Å². The molecule has 1 aromatic heterocycles. The number of rotatable bonds is 3. The molecular weight excluding hydrogens is 216 g/mol. The van der Waals surface area contributed by atoms with Crippen molar-refractivity contribution in [2.24, 2.45) is 5.92 Å². The van der Waals surface area contributed by atoms with Crippen molar-refractivity contribution < 1.29 is 9.84 Å². The second-order valence-electron chi connectivity index (χ2n) is 4.68. The van der Waals surface area contributed by atoms with Gasteiger partial charge in [0, 0.05) is 6.07 Å². The molecule has 1 heterocycles. The summed E-state index contributed by atoms with van der Waals surface area (Å²) in [4.78, 5) is 8.11. The van der Waals surface area contributed by atoms with E-state index in [1.54, 1.807) is 13.2 Å². The minimum absolute atomic E-state index is 0.331. The first-order valence-electron chi connectivity index (χ1n) is 6.35. The zero-order chi connectivity index (χ0) is 12.1. The van der Waals surface area contributed by atoms with Crippen molar-refractivity contribution in [3.8, 4) is 5.88 Å². The van der Waals surface area contributed by atoms with Gasteiger partial charge >= 0.3 is 0 Å². The number of aromatic nitrogens is 2. The number of aliphatic hydroxyl groups is 1. The molecule has 1 aromatic rings. The highest BCUT2D eigenvalue weighted by Gasteiger charge is 2.23. The fraction of sp³-hybridized carbons (Fsp3) is 0.692. The summed E-state index contributed by atoms with van der Waals surface area (Å²) in [7, 11) is 1.57. The molecule has 4 heteroatoms. The monoisotopic (exact) mass is 236 g/mol. The summed E-state index contributed by atoms with van der Waals surface area (Å²) >= 11 is 0. The molecule has 1 aliphatic carbocycles. The minimum atomic E-state index is -0.481. The molecule has 4 nitrogen and oxygen atoms in total. The van der Waals surface area contributed by atoms with E-state index in [2.05, 4.69) is 9.97 Å². The number of nitrogens with zero attached hydrogens (tertiary/aromatic N) is 2. The van der Waals surface area contributed by atoms with E-state index in [1.165, 1.54) is 32.0 Å². The molecule has 1 atom stereocenters. The predicted molar refractivity (Wildman–Crippen MR) is 64.7 cm³/mol. The molecule has 0 radical (unpaired) electrons. The van der Waals surface area contributed by atoms with Gasteiger partial charge in [0.05, 0.1) is 18.9 Å². The molecule has 1 fully saturated rings. The average molecular weight is 236 g/mol. The Labute approximate surface area is 102 Å². The van der Waals surface area contributed by atoms with Crippen molar-refractivity contribution in [2.45, 2.75) is 44.6 Å². The SMILES string of the molecule is COc1cc(C(O)C2CCCCCC2)ncn1. The van der Waals surface area contributed by atoms with Crippen molar-refractivity contribution in [3.05, 3.63) is 18.1 Å². The van der Waals surface area contributed by atoms with Crippen molar-refractivity contribution >= 4 is 0 Å². The Balaban J connectivity index is 2.08. The van der Waals surface area contributed by atoms with Gasteiger partial charge in [-0.1, -0.05) is 25.7 Å². The van der Waals surface area contributed by atoms with Crippen LogP contribution >= 0.6 is 0 Å². The first-order valence-corrected chi connectivity index (χ1v) is 6.35. The molecule has 2 rings (SSSR count). The van der Waals surface area contributed by atoms with E-state index in [-0.39, 0.29) is 0 Å². The van der Waals surface area contributed by atoms with Gasteiger partial charge < -0.3 is 9.84 Å². The highest BCUT2D eigenvalue weighted by molar-refractivity contribution is 5.15. The molecule has 0 saturated heterocycles. The lowest BCUT2D eigenvalue weighted by atomic mass is 9.92. The van der Waals surface area contributed by atoms with Crippen molar-refractivity contribution in [1.29, 1.82) is 0 Å². The highest BCUT2D eigenvalue weighted by atomic mass is 16.5. The van der Waals surface area contributed by atoms with E-state index in [1.807, 2.05) is 0 Å². The Morgan fingerprint density at radius 3 is 2.59 bits per heavy atom. The van der Waals surface area contributed by atoms with Gasteiger partial charge in [-0.15, -0.1) is 0 Å². The lowest BCUT2D eigenvalue weighted by Crippen LogP contribution is -2.13. The molecule has 0 bridgehead atoms. The van der Waals surface area contributed by atoms with E-state index in [0.717, 1.165) is 12.8 Å². The fourth-order valence-electron chi connectivity index (χ4n) is 2.50. The number of ether oxygens (including phenoxy) is 1. The van der Waals surface area contributed by atoms with Crippen LogP contribution in [-0.2, 0) is 0 Å². The van der Waals surface area contributed by atoms with Gasteiger partial charge in [0.25, 0.3) is 0 Å². The largest absolute Gasteiger partial charge is 0.481 e. The molecule has 0 aromatic carbocycles. The second-order valence-corrected chi connectivity index (χ2v) is 4.68. The van der Waals surface area contributed by atoms with Gasteiger partial charge in [0.2, 0.25) is 5.88 Å². The van der Waals surface area contributed by atoms with Gasteiger partial charge in [0.15, 0.2) is 0 Å². The van der Waals surface area contributed by atoms with Crippen molar-refractivity contribution in [3.63, 3.8) is 0 Å². The Morgan fingerprint density at radius 2 is 1.94 bits per heavy atom. The summed E-state index contributed by atoms with van der Waals surface area (Å²) in [5, 5.41) is 10.3. The first-order chi connectivity index (χ1) is 8.31. The van der Waals surface area contributed by atoms with Gasteiger partial charge in [-0.05, 0) is 18.8 Å². The molecule has 0 spiro atoms. The maximum absolute atomic E-state index is 10.3. The lowest BCUT2D eigenvalue weighted by molar-refractivity contribution is 0.0943. The quantitative estimate of drug-likeness (QED) is 0.819. The van der Waals surface area contributed by atoms with Crippen LogP contribution in [0.4, 0.5) is 0 Å². The standard InChI is InChI=1S/C13H20N2O2/c1-17-12-8-11(14-9-15-12)13(16)10-6-4-2-3-5-7-10/h8-10,13,16H,2-7H2,1H3. The van der Waals surface area contributed by atoms with Crippen LogP contribution in [0.25, 0.3) is 0 Å². The molecule has 1 unspecified atom stereocenters. The smallest absolute Gasteiger partial charge is 0.216 e. The molecule has 0 aliphatic heterocycles. The third kappa shape index (κ3) is 3.16. The average Bonchev–Trinajstić information content (AvgIpc) is 2.67. The lowest BCUT2D eigenvalue weighted by Gasteiger charge is -2.20. The van der Waals surface area contributed by atoms with Crippen LogP contribution in [0.15, 0.2) is 12.4 Å². The normalized spacial score (nSPS) is 19.6. The predicted octanol–water partition coefficient (Wildman–Crippen LogP) is 2.49. The Bertz CT molecular complexity index is 349. The number of hydrogen-bond acceptors (Lipinski definition) is 4. The molecule has 1 N–H and O–H groups in total. The summed E-state index contributed by atoms with van der Waals surface area (Å²) in [5.74, 6) is 0.847. The zero-order valence-corrected chi connectivity index (χ0v) is 10.3. The molecule has 1 aliphatic rings. The second kappa shape index (κ2) is 5.96. The van der Waals surface area contributed by atoms with E-state index >= 15 is 0 Å². The zero-order valence-electron chi connectivity index (χ0n) is 10.3. The van der Waals surface area contributed by atoms with E-state index in [0.29, 0.717) is 17.5 Å². The van der Waals surface area contributed by atoms with Gasteiger partial charge in [-0.3, -0.25) is 0 Å². The van der Waals surface area contributed by atoms with Crippen LogP contribution in [0, 0.1) is 5.92 Å². The van der Waals surface area contributed by atoms with Crippen LogP contribution in [0.5, 0.6) is 5.88 Å². The minimum Gasteiger partial charge on any atom is -0.481 e. The first kappa shape index (κ1) is 12.3. The summed E-state index contributed by atoms with van der Waals surface area (Å²) < 4.78 is 5.05. The molecular formula is C13H20N2O2. The Morgan fingerprint density at radius 1 is 1.24 bits per heavy atom. The van der Waals surface area contributed by atoms with Gasteiger partial charge in [-0.2, -0.15) is 0 Å². The number of hydrogen-bond donors (Lipinski definition) is 1. The maximum atomic E-state index is 10.3. The van der Waals surface area contributed by atoms with E-state index in [9.17, 15) is 5.11 Å². The van der Waals surface area contributed by atoms with Crippen molar-refractivity contribution in [2.75, 3.05) is 7.11 Å². The number of aliphatic hydroxyl groups excluding tert-OH is 1. The van der Waals surface area contributed by atoms with Crippen molar-refractivity contribution in [1.82, 2.24) is 9.97 Å². The van der Waals surface area contributed by atoms with E-state index in [4.69, 9.17) is 4.74 Å². The summed E-state index contributed by atoms with van der Waals surface area (Å²) in [6.45, 7) is 0. The third-order valence-electron chi connectivity index (χ3n) is 3.52. The molecule has 0 amide bonds. The van der Waals surface area contributed by atoms with E-state index < -0.39 is 6.10 Å². The molecule has 1 saturated carbocycles. The third-order valence-corrected chi connectivity index (χ3v) is 3.52. The highest BCUT2D eigenvalue weighted by Crippen LogP contribution is 2.33. The van der Waals surface area contributed by atoms with Crippen LogP contribution in [-0.4, -0.2) is 22.2 Å². The topological polar surface area (TPSA) is 55.2 Å². The number of methoxy groups -OCH3 is 1. The van der Waals surface area contributed by atoms with Crippen LogP contribution in [0.1, 0.15) is 50.3 Å².